The molecule has 4 heterocycles. The summed E-state index contributed by atoms with van der Waals surface area (Å²) in [4.78, 5) is 26.3. The molecule has 9 nitrogen and oxygen atoms in total. The number of rotatable bonds is 4. The first-order valence-electron chi connectivity index (χ1n) is 12.2. The normalized spacial score (nSPS) is 28.2. The van der Waals surface area contributed by atoms with Gasteiger partial charge in [-0.3, -0.25) is 9.10 Å². The third kappa shape index (κ3) is 2.92. The summed E-state index contributed by atoms with van der Waals surface area (Å²) in [5, 5.41) is 23.9. The molecule has 0 aromatic heterocycles. The number of carboxylic acid groups (broad SMARTS) is 1. The molecule has 36 heavy (non-hydrogen) atoms. The van der Waals surface area contributed by atoms with Crippen molar-refractivity contribution in [3.05, 3.63) is 46.7 Å². The van der Waals surface area contributed by atoms with Crippen molar-refractivity contribution in [2.24, 2.45) is 11.8 Å². The Morgan fingerprint density at radius 2 is 2.03 bits per heavy atom. The highest BCUT2D eigenvalue weighted by Gasteiger charge is 2.59. The van der Waals surface area contributed by atoms with E-state index in [9.17, 15) is 28.2 Å². The van der Waals surface area contributed by atoms with E-state index in [2.05, 4.69) is 14.1 Å². The van der Waals surface area contributed by atoms with Gasteiger partial charge in [0, 0.05) is 23.3 Å². The van der Waals surface area contributed by atoms with Crippen molar-refractivity contribution in [2.45, 2.75) is 43.9 Å². The van der Waals surface area contributed by atoms with Gasteiger partial charge in [-0.1, -0.05) is 19.1 Å². The van der Waals surface area contributed by atoms with Gasteiger partial charge in [0.1, 0.15) is 6.54 Å². The topological polar surface area (TPSA) is 118 Å². The molecule has 2 aromatic rings. The maximum Gasteiger partial charge on any atom is 0.265 e. The van der Waals surface area contributed by atoms with Crippen LogP contribution in [0.3, 0.4) is 0 Å². The Bertz CT molecular complexity index is 1510. The van der Waals surface area contributed by atoms with Crippen molar-refractivity contribution in [1.82, 2.24) is 4.90 Å². The van der Waals surface area contributed by atoms with Crippen LogP contribution in [0.5, 0.6) is 0 Å². The number of aliphatic hydroxyl groups is 1. The fraction of sp³-hybridized carbons (Fsp3) is 0.462. The van der Waals surface area contributed by atoms with Crippen LogP contribution in [0.4, 0.5) is 5.69 Å². The number of sulfonamides is 1. The lowest BCUT2D eigenvalue weighted by molar-refractivity contribution is -0.905. The fourth-order valence-electron chi connectivity index (χ4n) is 6.76. The van der Waals surface area contributed by atoms with Gasteiger partial charge in [0.05, 0.1) is 67.5 Å². The first-order chi connectivity index (χ1) is 16.8. The van der Waals surface area contributed by atoms with Gasteiger partial charge < -0.3 is 24.4 Å². The smallest absolute Gasteiger partial charge is 0.265 e. The van der Waals surface area contributed by atoms with Crippen LogP contribution in [-0.2, 0) is 32.6 Å². The summed E-state index contributed by atoms with van der Waals surface area (Å²) in [6, 6.07) is 6.82. The van der Waals surface area contributed by atoms with Crippen LogP contribution in [0.15, 0.2) is 40.4 Å². The molecule has 4 aliphatic rings. The second-order valence-corrected chi connectivity index (χ2v) is 13.0. The minimum absolute atomic E-state index is 0.195. The molecule has 1 amide bonds. The molecule has 0 aliphatic carbocycles. The molecule has 10 heteroatoms. The minimum atomic E-state index is -3.96. The van der Waals surface area contributed by atoms with Gasteiger partial charge in [0.25, 0.3) is 10.0 Å². The number of benzene rings is 2. The summed E-state index contributed by atoms with van der Waals surface area (Å²) in [5.41, 5.74) is 2.77. The molecular weight excluding hydrogens is 482 g/mol. The third-order valence-electron chi connectivity index (χ3n) is 8.53. The monoisotopic (exact) mass is 511 g/mol. The first kappa shape index (κ1) is 23.4. The van der Waals surface area contributed by atoms with Crippen LogP contribution < -0.4 is 9.41 Å². The van der Waals surface area contributed by atoms with E-state index >= 15 is 0 Å². The van der Waals surface area contributed by atoms with Crippen molar-refractivity contribution in [1.29, 1.82) is 0 Å². The second-order valence-electron chi connectivity index (χ2n) is 11.2. The Hall–Kier alpha value is -2.95. The van der Waals surface area contributed by atoms with Crippen molar-refractivity contribution in [3.8, 4) is 0 Å². The zero-order chi connectivity index (χ0) is 25.9. The number of anilines is 1. The molecule has 0 saturated carbocycles. The molecule has 1 saturated heterocycles. The molecule has 2 aromatic carbocycles. The number of amides is 1. The number of nitrogens with zero attached hydrogens (tertiary/aromatic N) is 3. The minimum Gasteiger partial charge on any atom is -0.543 e. The number of hydrogen-bond acceptors (Lipinski definition) is 6. The number of carboxylic acids is 1. The van der Waals surface area contributed by atoms with Gasteiger partial charge >= 0.3 is 0 Å². The summed E-state index contributed by atoms with van der Waals surface area (Å²) in [7, 11) is 0.298. The molecule has 190 valence electrons. The third-order valence-corrected chi connectivity index (χ3v) is 10.3. The Morgan fingerprint density at radius 3 is 2.69 bits per heavy atom. The molecule has 1 N–H and O–H groups in total. The highest BCUT2D eigenvalue weighted by atomic mass is 32.2. The Kier molecular flexibility index (Phi) is 4.76. The Balaban J connectivity index is 1.48. The van der Waals surface area contributed by atoms with E-state index in [0.29, 0.717) is 16.6 Å². The van der Waals surface area contributed by atoms with Gasteiger partial charge in [0.2, 0.25) is 5.91 Å². The largest absolute Gasteiger partial charge is 0.543 e. The van der Waals surface area contributed by atoms with E-state index in [1.54, 1.807) is 19.1 Å². The maximum atomic E-state index is 13.9. The molecule has 1 fully saturated rings. The lowest BCUT2D eigenvalue weighted by Gasteiger charge is -2.47. The van der Waals surface area contributed by atoms with Crippen molar-refractivity contribution in [3.63, 3.8) is 0 Å². The Labute approximate surface area is 209 Å². The average Bonchev–Trinajstić information content (AvgIpc) is 3.15. The van der Waals surface area contributed by atoms with Gasteiger partial charge in [0.15, 0.2) is 0 Å². The number of carbonyl (C=O) groups excluding carboxylic acids is 2. The predicted molar refractivity (Wildman–Crippen MR) is 130 cm³/mol. The molecule has 0 unspecified atom stereocenters. The highest BCUT2D eigenvalue weighted by Crippen LogP contribution is 2.50. The number of carbonyl (C=O) groups is 2. The molecule has 4 aliphatic heterocycles. The number of β-lactam (4-membered cyclic amide) rings is 1. The number of aliphatic carboxylic acids is 1. The van der Waals surface area contributed by atoms with Crippen LogP contribution in [0, 0.1) is 11.8 Å². The summed E-state index contributed by atoms with van der Waals surface area (Å²) >= 11 is 0. The zero-order valence-electron chi connectivity index (χ0n) is 20.7. The number of likely N-dealkylation sites (N-methyl/N-ethyl adjacent to an activating group) is 1. The quantitative estimate of drug-likeness (QED) is 0.467. The van der Waals surface area contributed by atoms with Crippen LogP contribution in [0.1, 0.15) is 25.0 Å². The maximum absolute atomic E-state index is 13.9. The number of quaternary nitrogens is 1. The van der Waals surface area contributed by atoms with Crippen LogP contribution in [0.25, 0.3) is 10.8 Å². The summed E-state index contributed by atoms with van der Waals surface area (Å²) < 4.78 is 29.9. The molecule has 0 bridgehead atoms. The van der Waals surface area contributed by atoms with Crippen molar-refractivity contribution in [2.75, 3.05) is 31.5 Å². The molecule has 0 radical (unpaired) electrons. The predicted octanol–water partition coefficient (Wildman–Crippen LogP) is 0.343. The summed E-state index contributed by atoms with van der Waals surface area (Å²) in [6.45, 7) is 4.78. The molecule has 4 atom stereocenters. The second kappa shape index (κ2) is 7.30. The van der Waals surface area contributed by atoms with Gasteiger partial charge in [-0.2, -0.15) is 0 Å². The van der Waals surface area contributed by atoms with Crippen molar-refractivity contribution < 1.29 is 32.7 Å². The van der Waals surface area contributed by atoms with E-state index < -0.39 is 45.9 Å². The van der Waals surface area contributed by atoms with Crippen LogP contribution in [0.2, 0.25) is 0 Å². The van der Waals surface area contributed by atoms with E-state index in [1.165, 1.54) is 21.7 Å². The summed E-state index contributed by atoms with van der Waals surface area (Å²) in [5.74, 6) is -3.16. The SMILES string of the molecule is C[C@@H](O)[C@H]1C(=O)N2C(C(=O)[O-])=C(CN3c4cccc5c6c(cc(c45)S3(=O)=O)C[N+](C)(C)CC6)[C@H](C)[C@H]12. The lowest BCUT2D eigenvalue weighted by atomic mass is 9.78. The van der Waals surface area contributed by atoms with Crippen LogP contribution in [-0.4, -0.2) is 74.1 Å². The van der Waals surface area contributed by atoms with Gasteiger partial charge in [-0.05, 0) is 35.6 Å². The molecule has 6 rings (SSSR count). The number of fused-ring (bicyclic) bond motifs is 3. The average molecular weight is 512 g/mol. The Morgan fingerprint density at radius 1 is 1.31 bits per heavy atom. The molecular formula is C26H29N3O6S. The standard InChI is InChI=1S/C26H29N3O6S/c1-13-18(24(26(32)33)28-23(13)21(14(2)30)25(28)31)11-27-19-7-5-6-17-16-8-9-29(3,4)12-15(16)10-20(22(17)19)36(27,34)35/h5-7,10,13-14,21,23,30H,8-9,11-12H2,1-4H3/t13-,14+,21+,23+/m0/s1. The van der Waals surface area contributed by atoms with Crippen LogP contribution >= 0.6 is 0 Å². The van der Waals surface area contributed by atoms with Gasteiger partial charge in [-0.25, -0.2) is 8.42 Å². The fourth-order valence-corrected chi connectivity index (χ4v) is 8.48. The first-order valence-corrected chi connectivity index (χ1v) is 13.7. The number of aliphatic hydroxyl groups excluding tert-OH is 1. The summed E-state index contributed by atoms with van der Waals surface area (Å²) in [6.07, 6.45) is -0.0925. The van der Waals surface area contributed by atoms with E-state index in [4.69, 9.17) is 0 Å². The lowest BCUT2D eigenvalue weighted by Crippen LogP contribution is -2.64. The van der Waals surface area contributed by atoms with E-state index in [-0.39, 0.29) is 17.1 Å². The van der Waals surface area contributed by atoms with Crippen molar-refractivity contribution >= 4 is 38.4 Å². The number of hydrogen-bond donors (Lipinski definition) is 1. The van der Waals surface area contributed by atoms with E-state index in [0.717, 1.165) is 34.9 Å². The zero-order valence-corrected chi connectivity index (χ0v) is 21.5. The van der Waals surface area contributed by atoms with Gasteiger partial charge in [-0.15, -0.1) is 0 Å². The highest BCUT2D eigenvalue weighted by molar-refractivity contribution is 7.93. The van der Waals surface area contributed by atoms with E-state index in [1.807, 2.05) is 12.1 Å². The molecule has 0 spiro atoms.